The van der Waals surface area contributed by atoms with E-state index in [1.54, 1.807) is 29.4 Å². The first kappa shape index (κ1) is 44.6. The molecule has 0 saturated carbocycles. The maximum Gasteiger partial charge on any atom is 0.274 e. The highest BCUT2D eigenvalue weighted by molar-refractivity contribution is 6.06. The van der Waals surface area contributed by atoms with Crippen molar-refractivity contribution in [3.05, 3.63) is 88.9 Å². The van der Waals surface area contributed by atoms with Gasteiger partial charge in [-0.15, -0.1) is 10.2 Å². The third kappa shape index (κ3) is 11.4. The van der Waals surface area contributed by atoms with Gasteiger partial charge in [0.1, 0.15) is 6.04 Å². The normalized spacial score (nSPS) is 20.3. The Morgan fingerprint density at radius 1 is 0.859 bits per heavy atom. The highest BCUT2D eigenvalue weighted by Crippen LogP contribution is 2.30. The molecule has 7 heterocycles. The van der Waals surface area contributed by atoms with Gasteiger partial charge in [0, 0.05) is 108 Å². The summed E-state index contributed by atoms with van der Waals surface area (Å²) in [6, 6.07) is 13.2. The molecule has 336 valence electrons. The second-order valence-electron chi connectivity index (χ2n) is 17.7. The van der Waals surface area contributed by atoms with Gasteiger partial charge in [0.2, 0.25) is 17.7 Å². The van der Waals surface area contributed by atoms with Crippen LogP contribution in [-0.2, 0) is 20.9 Å². The maximum atomic E-state index is 13.4. The predicted molar refractivity (Wildman–Crippen MR) is 243 cm³/mol. The fraction of sp³-hybridized carbons (Fsp3) is 0.510. The summed E-state index contributed by atoms with van der Waals surface area (Å²) < 4.78 is 0. The quantitative estimate of drug-likeness (QED) is 0.105. The number of amides is 5. The summed E-state index contributed by atoms with van der Waals surface area (Å²) in [5.74, 6) is 6.94. The van der Waals surface area contributed by atoms with Gasteiger partial charge in [-0.05, 0) is 98.9 Å². The average Bonchev–Trinajstić information content (AvgIpc) is 3.67. The van der Waals surface area contributed by atoms with Crippen LogP contribution in [0.5, 0.6) is 0 Å². The van der Waals surface area contributed by atoms with Crippen molar-refractivity contribution in [2.75, 3.05) is 70.3 Å². The molecule has 4 saturated heterocycles. The summed E-state index contributed by atoms with van der Waals surface area (Å²) in [4.78, 5) is 77.9. The Hall–Kier alpha value is -5.98. The summed E-state index contributed by atoms with van der Waals surface area (Å²) >= 11 is 0. The van der Waals surface area contributed by atoms with Gasteiger partial charge < -0.3 is 24.9 Å². The lowest BCUT2D eigenvalue weighted by Gasteiger charge is -2.43. The molecule has 0 aliphatic carbocycles. The molecule has 64 heavy (non-hydrogen) atoms. The number of unbranched alkanes of at least 4 members (excludes halogenated alkanes) is 2. The molecule has 0 bridgehead atoms. The van der Waals surface area contributed by atoms with E-state index in [0.29, 0.717) is 48.3 Å². The number of rotatable bonds is 14. The number of hydrogen-bond donors (Lipinski definition) is 2. The zero-order valence-corrected chi connectivity index (χ0v) is 36.8. The number of imide groups is 1. The van der Waals surface area contributed by atoms with Crippen molar-refractivity contribution in [2.45, 2.75) is 89.3 Å². The summed E-state index contributed by atoms with van der Waals surface area (Å²) in [7, 11) is 0. The number of piperidine rings is 3. The van der Waals surface area contributed by atoms with Crippen LogP contribution in [0.15, 0.2) is 60.9 Å². The summed E-state index contributed by atoms with van der Waals surface area (Å²) in [6.07, 6.45) is 16.2. The monoisotopic (exact) mass is 868 g/mol. The van der Waals surface area contributed by atoms with Crippen LogP contribution < -0.4 is 15.5 Å². The number of carbonyl (C=O) groups is 5. The largest absolute Gasteiger partial charge is 0.355 e. The van der Waals surface area contributed by atoms with E-state index < -0.39 is 11.9 Å². The van der Waals surface area contributed by atoms with Crippen LogP contribution in [0, 0.1) is 17.8 Å². The molecule has 1 atom stereocenters. The van der Waals surface area contributed by atoms with E-state index in [4.69, 9.17) is 0 Å². The van der Waals surface area contributed by atoms with Crippen LogP contribution in [0.3, 0.4) is 0 Å². The highest BCUT2D eigenvalue weighted by Gasteiger charge is 2.40. The van der Waals surface area contributed by atoms with Crippen molar-refractivity contribution in [3.8, 4) is 11.8 Å². The lowest BCUT2D eigenvalue weighted by Crippen LogP contribution is -2.53. The standard InChI is InChI=1S/C49H60N10O5/c60-44(17-13-37-9-7-23-50-34-37)51-24-4-3-8-36-19-26-58(27-20-36)48(63)41-14-16-43(54-53-41)57-28-21-40(22-29-57)56-32-30-55(31-33-56)25-5-1-2-10-38-11-6-12-39-35-59(49(64)46(38)39)42-15-18-45(61)52-47(42)62/h6-7,9,11-14,16-17,23,34,36,40,42H,1,3-5,8,15,18-22,24-33,35H2,(H,51,60)(H,52,61,62)/b17-13+. The molecule has 2 N–H and O–H groups in total. The Balaban J connectivity index is 0.685. The second kappa shape index (κ2) is 21.6. The first-order valence-electron chi connectivity index (χ1n) is 23.2. The summed E-state index contributed by atoms with van der Waals surface area (Å²) in [5.41, 5.74) is 3.47. The van der Waals surface area contributed by atoms with Crippen LogP contribution in [0.1, 0.15) is 108 Å². The number of likely N-dealkylation sites (tertiary alicyclic amines) is 1. The molecule has 2 aromatic heterocycles. The predicted octanol–water partition coefficient (Wildman–Crippen LogP) is 3.90. The number of piperazine rings is 1. The van der Waals surface area contributed by atoms with Crippen molar-refractivity contribution in [2.24, 2.45) is 5.92 Å². The van der Waals surface area contributed by atoms with E-state index in [1.165, 1.54) is 0 Å². The van der Waals surface area contributed by atoms with Gasteiger partial charge in [0.15, 0.2) is 11.5 Å². The fourth-order valence-corrected chi connectivity index (χ4v) is 9.75. The zero-order chi connectivity index (χ0) is 44.3. The van der Waals surface area contributed by atoms with E-state index >= 15 is 0 Å². The molecule has 5 amide bonds. The SMILES string of the molecule is O=C(/C=C/c1cccnc1)NCCCCC1CCN(C(=O)c2ccc(N3CCC(N4CCN(CCCC#Cc5cccc6c5C(=O)N(C5CCC(=O)NC5=O)C6)CC4)CC3)nn2)CC1. The smallest absolute Gasteiger partial charge is 0.274 e. The number of carbonyl (C=O) groups excluding carboxylic acids is 5. The third-order valence-corrected chi connectivity index (χ3v) is 13.5. The highest BCUT2D eigenvalue weighted by atomic mass is 16.2. The molecule has 8 rings (SSSR count). The lowest BCUT2D eigenvalue weighted by atomic mass is 9.91. The number of anilines is 1. The Labute approximate surface area is 376 Å². The van der Waals surface area contributed by atoms with Crippen LogP contribution >= 0.6 is 0 Å². The molecular formula is C49H60N10O5. The van der Waals surface area contributed by atoms with Crippen molar-refractivity contribution in [3.63, 3.8) is 0 Å². The second-order valence-corrected chi connectivity index (χ2v) is 17.7. The average molecular weight is 869 g/mol. The number of hydrogen-bond acceptors (Lipinski definition) is 11. The van der Waals surface area contributed by atoms with Crippen LogP contribution in [0.2, 0.25) is 0 Å². The topological polar surface area (TPSA) is 164 Å². The van der Waals surface area contributed by atoms with Crippen LogP contribution in [0.4, 0.5) is 5.82 Å². The third-order valence-electron chi connectivity index (χ3n) is 13.5. The van der Waals surface area contributed by atoms with Gasteiger partial charge in [-0.3, -0.25) is 39.2 Å². The van der Waals surface area contributed by atoms with Gasteiger partial charge in [-0.1, -0.05) is 42.9 Å². The number of aromatic nitrogens is 3. The molecule has 0 spiro atoms. The molecule has 1 aromatic carbocycles. The Kier molecular flexibility index (Phi) is 15.1. The summed E-state index contributed by atoms with van der Waals surface area (Å²) in [6.45, 7) is 9.48. The van der Waals surface area contributed by atoms with Crippen molar-refractivity contribution in [1.29, 1.82) is 0 Å². The number of benzene rings is 1. The molecule has 4 fully saturated rings. The van der Waals surface area contributed by atoms with Gasteiger partial charge >= 0.3 is 0 Å². The summed E-state index contributed by atoms with van der Waals surface area (Å²) in [5, 5.41) is 14.2. The Morgan fingerprint density at radius 2 is 1.69 bits per heavy atom. The van der Waals surface area contributed by atoms with E-state index in [1.807, 2.05) is 47.4 Å². The molecular weight excluding hydrogens is 809 g/mol. The van der Waals surface area contributed by atoms with Gasteiger partial charge in [-0.25, -0.2) is 0 Å². The molecule has 1 unspecified atom stereocenters. The minimum atomic E-state index is -0.629. The number of fused-ring (bicyclic) bond motifs is 1. The molecule has 5 aliphatic rings. The van der Waals surface area contributed by atoms with Crippen molar-refractivity contribution >= 4 is 41.4 Å². The minimum Gasteiger partial charge on any atom is -0.355 e. The lowest BCUT2D eigenvalue weighted by molar-refractivity contribution is -0.137. The van der Waals surface area contributed by atoms with Crippen molar-refractivity contribution < 1.29 is 24.0 Å². The van der Waals surface area contributed by atoms with Crippen LogP contribution in [0.25, 0.3) is 6.08 Å². The number of nitrogens with zero attached hydrogens (tertiary/aromatic N) is 8. The molecule has 3 aromatic rings. The van der Waals surface area contributed by atoms with E-state index in [2.05, 4.69) is 52.4 Å². The number of pyridine rings is 1. The van der Waals surface area contributed by atoms with Gasteiger partial charge in [-0.2, -0.15) is 0 Å². The first-order chi connectivity index (χ1) is 31.3. The van der Waals surface area contributed by atoms with Gasteiger partial charge in [0.05, 0.1) is 5.56 Å². The zero-order valence-electron chi connectivity index (χ0n) is 36.8. The van der Waals surface area contributed by atoms with E-state index in [9.17, 15) is 24.0 Å². The molecule has 15 nitrogen and oxygen atoms in total. The first-order valence-corrected chi connectivity index (χ1v) is 23.2. The molecule has 0 radical (unpaired) electrons. The Morgan fingerprint density at radius 3 is 2.44 bits per heavy atom. The number of nitrogens with one attached hydrogen (secondary N) is 2. The molecule has 15 heteroatoms. The Bertz CT molecular complexity index is 2220. The molecule has 5 aliphatic heterocycles. The maximum absolute atomic E-state index is 13.4. The van der Waals surface area contributed by atoms with E-state index in [-0.39, 0.29) is 30.0 Å². The van der Waals surface area contributed by atoms with E-state index in [0.717, 1.165) is 134 Å². The van der Waals surface area contributed by atoms with Crippen molar-refractivity contribution in [1.82, 2.24) is 45.4 Å². The fourth-order valence-electron chi connectivity index (χ4n) is 9.75. The van der Waals surface area contributed by atoms with Gasteiger partial charge in [0.25, 0.3) is 11.8 Å². The van der Waals surface area contributed by atoms with Crippen LogP contribution in [-0.4, -0.2) is 142 Å². The minimum absolute atomic E-state index is 0.0420.